The molecular weight excluding hydrogens is 346 g/mol. The van der Waals surface area contributed by atoms with E-state index in [4.69, 9.17) is 11.6 Å². The number of amides is 1. The number of benzene rings is 1. The van der Waals surface area contributed by atoms with Gasteiger partial charge >= 0.3 is 0 Å². The van der Waals surface area contributed by atoms with E-state index < -0.39 is 0 Å². The third-order valence-electron chi connectivity index (χ3n) is 3.31. The molecule has 8 heteroatoms. The number of carbonyl (C=O) groups excluding carboxylic acids is 1. The number of anilines is 3. The molecule has 1 amide bonds. The lowest BCUT2D eigenvalue weighted by Crippen LogP contribution is -2.14. The highest BCUT2D eigenvalue weighted by Gasteiger charge is 2.13. The third-order valence-corrected chi connectivity index (χ3v) is 4.40. The summed E-state index contributed by atoms with van der Waals surface area (Å²) in [5.41, 5.74) is 2.87. The summed E-state index contributed by atoms with van der Waals surface area (Å²) in [5, 5.41) is 5.68. The predicted molar refractivity (Wildman–Crippen MR) is 96.4 cm³/mol. The molecule has 2 aromatic heterocycles. The van der Waals surface area contributed by atoms with Crippen molar-refractivity contribution in [3.63, 3.8) is 0 Å². The maximum Gasteiger partial charge on any atom is 0.257 e. The van der Waals surface area contributed by atoms with Crippen LogP contribution in [0.5, 0.6) is 0 Å². The second-order valence-corrected chi connectivity index (χ2v) is 6.40. The number of carbonyl (C=O) groups is 1. The maximum atomic E-state index is 12.4. The normalized spacial score (nSPS) is 10.5. The summed E-state index contributed by atoms with van der Waals surface area (Å²) < 4.78 is 0. The molecule has 3 rings (SSSR count). The quantitative estimate of drug-likeness (QED) is 0.764. The summed E-state index contributed by atoms with van der Waals surface area (Å²) in [7, 11) is 1.86. The molecule has 0 saturated heterocycles. The van der Waals surface area contributed by atoms with Gasteiger partial charge in [0.25, 0.3) is 5.91 Å². The van der Waals surface area contributed by atoms with Crippen LogP contribution in [0.25, 0.3) is 0 Å². The number of halogens is 1. The molecule has 0 radical (unpaired) electrons. The number of hydrogen-bond donors (Lipinski definition) is 1. The van der Waals surface area contributed by atoms with Gasteiger partial charge < -0.3 is 4.90 Å². The molecule has 1 N–H and O–H groups in total. The molecule has 122 valence electrons. The number of nitrogens with one attached hydrogen (secondary N) is 1. The number of thiazole rings is 1. The Morgan fingerprint density at radius 2 is 1.96 bits per heavy atom. The van der Waals surface area contributed by atoms with E-state index in [1.54, 1.807) is 30.6 Å². The van der Waals surface area contributed by atoms with E-state index in [1.165, 1.54) is 17.7 Å². The van der Waals surface area contributed by atoms with Crippen molar-refractivity contribution < 1.29 is 4.79 Å². The van der Waals surface area contributed by atoms with Gasteiger partial charge in [-0.05, 0) is 25.1 Å². The smallest absolute Gasteiger partial charge is 0.257 e. The van der Waals surface area contributed by atoms with E-state index >= 15 is 0 Å². The van der Waals surface area contributed by atoms with Crippen molar-refractivity contribution >= 4 is 45.4 Å². The van der Waals surface area contributed by atoms with Crippen molar-refractivity contribution in [3.05, 3.63) is 58.6 Å². The van der Waals surface area contributed by atoms with Gasteiger partial charge in [-0.2, -0.15) is 0 Å². The van der Waals surface area contributed by atoms with E-state index in [-0.39, 0.29) is 5.91 Å². The first kappa shape index (κ1) is 16.4. The van der Waals surface area contributed by atoms with Crippen LogP contribution in [0, 0.1) is 6.92 Å². The minimum Gasteiger partial charge on any atom is -0.342 e. The van der Waals surface area contributed by atoms with E-state index in [9.17, 15) is 4.79 Å². The average molecular weight is 360 g/mol. The number of aryl methyl sites for hydroxylation is 1. The topological polar surface area (TPSA) is 71.0 Å². The molecule has 0 saturated carbocycles. The first-order chi connectivity index (χ1) is 11.5. The summed E-state index contributed by atoms with van der Waals surface area (Å²) in [4.78, 5) is 26.5. The van der Waals surface area contributed by atoms with Crippen molar-refractivity contribution in [2.45, 2.75) is 6.92 Å². The van der Waals surface area contributed by atoms with Crippen LogP contribution in [0.2, 0.25) is 5.02 Å². The van der Waals surface area contributed by atoms with Gasteiger partial charge in [-0.1, -0.05) is 11.6 Å². The Kier molecular flexibility index (Phi) is 4.73. The summed E-state index contributed by atoms with van der Waals surface area (Å²) >= 11 is 7.56. The lowest BCUT2D eigenvalue weighted by molar-refractivity contribution is 0.102. The highest BCUT2D eigenvalue weighted by atomic mass is 35.5. The van der Waals surface area contributed by atoms with Crippen molar-refractivity contribution in [3.8, 4) is 0 Å². The van der Waals surface area contributed by atoms with Gasteiger partial charge in [-0.3, -0.25) is 10.1 Å². The SMILES string of the molecule is Cc1csc(NC(=O)c2cc(Cl)cc(N(C)c3cncnc3)c2)n1. The van der Waals surface area contributed by atoms with Crippen molar-refractivity contribution in [2.75, 3.05) is 17.3 Å². The number of hydrogen-bond acceptors (Lipinski definition) is 6. The molecule has 0 fully saturated rings. The van der Waals surface area contributed by atoms with Crippen LogP contribution in [0.1, 0.15) is 16.1 Å². The molecule has 24 heavy (non-hydrogen) atoms. The highest BCUT2D eigenvalue weighted by molar-refractivity contribution is 7.13. The number of aromatic nitrogens is 3. The standard InChI is InChI=1S/C16H14ClN5OS/c1-10-8-24-16(20-10)21-15(23)11-3-12(17)5-13(4-11)22(2)14-6-18-9-19-7-14/h3-9H,1-2H3,(H,20,21,23). The van der Waals surface area contributed by atoms with Crippen LogP contribution in [-0.2, 0) is 0 Å². The average Bonchev–Trinajstić information content (AvgIpc) is 2.99. The lowest BCUT2D eigenvalue weighted by atomic mass is 10.1. The Labute approximate surface area is 148 Å². The third kappa shape index (κ3) is 3.69. The summed E-state index contributed by atoms with van der Waals surface area (Å²) in [6.45, 7) is 1.88. The molecule has 1 aromatic carbocycles. The number of rotatable bonds is 4. The lowest BCUT2D eigenvalue weighted by Gasteiger charge is -2.19. The Bertz CT molecular complexity index is 868. The van der Waals surface area contributed by atoms with Crippen LogP contribution in [0.15, 0.2) is 42.3 Å². The fourth-order valence-electron chi connectivity index (χ4n) is 2.09. The number of nitrogens with zero attached hydrogens (tertiary/aromatic N) is 4. The monoisotopic (exact) mass is 359 g/mol. The molecule has 0 bridgehead atoms. The van der Waals surface area contributed by atoms with E-state index in [1.807, 2.05) is 24.3 Å². The van der Waals surface area contributed by atoms with Gasteiger partial charge in [0, 0.05) is 28.7 Å². The van der Waals surface area contributed by atoms with Crippen LogP contribution in [-0.4, -0.2) is 27.9 Å². The van der Waals surface area contributed by atoms with Crippen molar-refractivity contribution in [2.24, 2.45) is 0 Å². The predicted octanol–water partition coefficient (Wildman–Crippen LogP) is 3.92. The molecular formula is C16H14ClN5OS. The molecule has 2 heterocycles. The molecule has 6 nitrogen and oxygen atoms in total. The van der Waals surface area contributed by atoms with Gasteiger partial charge in [0.05, 0.1) is 23.8 Å². The summed E-state index contributed by atoms with van der Waals surface area (Å²) in [6.07, 6.45) is 4.84. The minimum absolute atomic E-state index is 0.259. The Hall–Kier alpha value is -2.51. The fraction of sp³-hybridized carbons (Fsp3) is 0.125. The van der Waals surface area contributed by atoms with E-state index in [0.717, 1.165) is 17.1 Å². The molecule has 0 spiro atoms. The van der Waals surface area contributed by atoms with Gasteiger partial charge in [0.1, 0.15) is 6.33 Å². The maximum absolute atomic E-state index is 12.4. The molecule has 0 aliphatic heterocycles. The second kappa shape index (κ2) is 6.94. The van der Waals surface area contributed by atoms with Gasteiger partial charge in [-0.25, -0.2) is 15.0 Å². The zero-order chi connectivity index (χ0) is 17.1. The van der Waals surface area contributed by atoms with Gasteiger partial charge in [-0.15, -0.1) is 11.3 Å². The molecule has 0 atom stereocenters. The minimum atomic E-state index is -0.259. The summed E-state index contributed by atoms with van der Waals surface area (Å²) in [5.74, 6) is -0.259. The highest BCUT2D eigenvalue weighted by Crippen LogP contribution is 2.27. The first-order valence-corrected chi connectivity index (χ1v) is 8.31. The second-order valence-electron chi connectivity index (χ2n) is 5.10. The first-order valence-electron chi connectivity index (χ1n) is 7.06. The largest absolute Gasteiger partial charge is 0.342 e. The molecule has 0 unspecified atom stereocenters. The fourth-order valence-corrected chi connectivity index (χ4v) is 3.01. The van der Waals surface area contributed by atoms with Crippen molar-refractivity contribution in [1.82, 2.24) is 15.0 Å². The molecule has 0 aliphatic carbocycles. The van der Waals surface area contributed by atoms with Gasteiger partial charge in [0.15, 0.2) is 5.13 Å². The Morgan fingerprint density at radius 1 is 1.21 bits per heavy atom. The zero-order valence-corrected chi connectivity index (χ0v) is 14.6. The Balaban J connectivity index is 1.87. The van der Waals surface area contributed by atoms with Crippen LogP contribution >= 0.6 is 22.9 Å². The van der Waals surface area contributed by atoms with Crippen LogP contribution < -0.4 is 10.2 Å². The molecule has 3 aromatic rings. The van der Waals surface area contributed by atoms with E-state index in [0.29, 0.717) is 15.7 Å². The van der Waals surface area contributed by atoms with Crippen molar-refractivity contribution in [1.29, 1.82) is 0 Å². The zero-order valence-electron chi connectivity index (χ0n) is 13.0. The summed E-state index contributed by atoms with van der Waals surface area (Å²) in [6, 6.07) is 5.16. The van der Waals surface area contributed by atoms with Crippen LogP contribution in [0.3, 0.4) is 0 Å². The van der Waals surface area contributed by atoms with Crippen LogP contribution in [0.4, 0.5) is 16.5 Å². The Morgan fingerprint density at radius 3 is 2.62 bits per heavy atom. The van der Waals surface area contributed by atoms with Gasteiger partial charge in [0.2, 0.25) is 0 Å². The molecule has 0 aliphatic rings. The van der Waals surface area contributed by atoms with E-state index in [2.05, 4.69) is 20.3 Å².